The van der Waals surface area contributed by atoms with Crippen LogP contribution in [0.25, 0.3) is 0 Å². The molecule has 0 unspecified atom stereocenters. The summed E-state index contributed by atoms with van der Waals surface area (Å²) in [5, 5.41) is 6.34. The second kappa shape index (κ2) is 4.94. The fourth-order valence-electron chi connectivity index (χ4n) is 2.50. The Balaban J connectivity index is 1.52. The number of fused-ring (bicyclic) bond motifs is 1. The fraction of sp³-hybridized carbons (Fsp3) is 0.533. The van der Waals surface area contributed by atoms with Gasteiger partial charge in [0.05, 0.1) is 0 Å². The third-order valence-electron chi connectivity index (χ3n) is 4.02. The summed E-state index contributed by atoms with van der Waals surface area (Å²) >= 11 is 0. The summed E-state index contributed by atoms with van der Waals surface area (Å²) in [5.41, 5.74) is 9.67. The minimum absolute atomic E-state index is 0.0835. The van der Waals surface area contributed by atoms with E-state index in [1.807, 2.05) is 6.07 Å². The largest absolute Gasteiger partial charge is 0.326 e. The quantitative estimate of drug-likeness (QED) is 0.696. The first kappa shape index (κ1) is 12.6. The van der Waals surface area contributed by atoms with Crippen molar-refractivity contribution in [3.05, 3.63) is 29.3 Å². The zero-order chi connectivity index (χ0) is 13.3. The Labute approximate surface area is 113 Å². The van der Waals surface area contributed by atoms with Gasteiger partial charge in [0, 0.05) is 24.2 Å². The summed E-state index contributed by atoms with van der Waals surface area (Å²) < 4.78 is 0. The number of hydrogen-bond donors (Lipinski definition) is 3. The van der Waals surface area contributed by atoms with Crippen LogP contribution in [0.5, 0.6) is 0 Å². The molecule has 4 nitrogen and oxygen atoms in total. The number of carbonyl (C=O) groups is 1. The number of amides is 1. The summed E-state index contributed by atoms with van der Waals surface area (Å²) in [7, 11) is 0. The van der Waals surface area contributed by atoms with Gasteiger partial charge in [-0.1, -0.05) is 12.1 Å². The molecule has 1 amide bonds. The van der Waals surface area contributed by atoms with E-state index in [0.717, 1.165) is 44.5 Å². The molecule has 1 aliphatic carbocycles. The maximum atomic E-state index is 11.3. The molecule has 0 aromatic heterocycles. The second-order valence-electron chi connectivity index (χ2n) is 5.83. The summed E-state index contributed by atoms with van der Waals surface area (Å²) in [6, 6.07) is 6.33. The van der Waals surface area contributed by atoms with E-state index in [-0.39, 0.29) is 11.4 Å². The van der Waals surface area contributed by atoms with Crippen molar-refractivity contribution in [2.75, 3.05) is 18.4 Å². The standard InChI is InChI=1S/C15H21N3O/c16-15(6-7-15)10-17-8-5-11-1-3-13-12(9-11)2-4-14(19)18-13/h1,3,9,17H,2,4-8,10,16H2,(H,18,19). The molecule has 0 radical (unpaired) electrons. The van der Waals surface area contributed by atoms with Gasteiger partial charge in [-0.3, -0.25) is 4.79 Å². The monoisotopic (exact) mass is 259 g/mol. The van der Waals surface area contributed by atoms with Gasteiger partial charge >= 0.3 is 0 Å². The van der Waals surface area contributed by atoms with Crippen LogP contribution in [-0.4, -0.2) is 24.5 Å². The Hall–Kier alpha value is -1.39. The van der Waals surface area contributed by atoms with Crippen molar-refractivity contribution < 1.29 is 4.79 Å². The van der Waals surface area contributed by atoms with E-state index in [1.165, 1.54) is 11.1 Å². The van der Waals surface area contributed by atoms with Gasteiger partial charge in [-0.05, 0) is 49.4 Å². The number of nitrogens with two attached hydrogens (primary N) is 1. The predicted octanol–water partition coefficient (Wildman–Crippen LogP) is 1.19. The van der Waals surface area contributed by atoms with Gasteiger partial charge in [-0.25, -0.2) is 0 Å². The summed E-state index contributed by atoms with van der Waals surface area (Å²) in [6.45, 7) is 1.89. The lowest BCUT2D eigenvalue weighted by molar-refractivity contribution is -0.116. The maximum Gasteiger partial charge on any atom is 0.224 e. The van der Waals surface area contributed by atoms with Crippen LogP contribution in [0.3, 0.4) is 0 Å². The normalized spacial score (nSPS) is 19.7. The van der Waals surface area contributed by atoms with Crippen molar-refractivity contribution in [1.82, 2.24) is 5.32 Å². The highest BCUT2D eigenvalue weighted by atomic mass is 16.1. The molecule has 1 aromatic carbocycles. The van der Waals surface area contributed by atoms with Crippen molar-refractivity contribution in [1.29, 1.82) is 0 Å². The van der Waals surface area contributed by atoms with Gasteiger partial charge in [-0.15, -0.1) is 0 Å². The predicted molar refractivity (Wildman–Crippen MR) is 76.1 cm³/mol. The van der Waals surface area contributed by atoms with Gasteiger partial charge in [0.15, 0.2) is 0 Å². The Kier molecular flexibility index (Phi) is 3.29. The first-order valence-electron chi connectivity index (χ1n) is 7.06. The van der Waals surface area contributed by atoms with Crippen molar-refractivity contribution in [2.24, 2.45) is 5.73 Å². The smallest absolute Gasteiger partial charge is 0.224 e. The zero-order valence-electron chi connectivity index (χ0n) is 11.2. The van der Waals surface area contributed by atoms with E-state index >= 15 is 0 Å². The number of anilines is 1. The van der Waals surface area contributed by atoms with E-state index in [4.69, 9.17) is 5.73 Å². The van der Waals surface area contributed by atoms with Crippen molar-refractivity contribution in [2.45, 2.75) is 37.6 Å². The highest BCUT2D eigenvalue weighted by molar-refractivity contribution is 5.93. The molecule has 4 heteroatoms. The average molecular weight is 259 g/mol. The van der Waals surface area contributed by atoms with E-state index in [2.05, 4.69) is 22.8 Å². The number of benzene rings is 1. The minimum atomic E-state index is 0.0835. The number of rotatable bonds is 5. The van der Waals surface area contributed by atoms with Crippen LogP contribution in [0, 0.1) is 0 Å². The van der Waals surface area contributed by atoms with Gasteiger partial charge < -0.3 is 16.4 Å². The van der Waals surface area contributed by atoms with Crippen molar-refractivity contribution in [3.8, 4) is 0 Å². The Morgan fingerprint density at radius 1 is 1.32 bits per heavy atom. The summed E-state index contributed by atoms with van der Waals surface area (Å²) in [5.74, 6) is 0.125. The molecule has 4 N–H and O–H groups in total. The fourth-order valence-corrected chi connectivity index (χ4v) is 2.50. The highest BCUT2D eigenvalue weighted by Gasteiger charge is 2.37. The first-order chi connectivity index (χ1) is 9.15. The van der Waals surface area contributed by atoms with Crippen molar-refractivity contribution in [3.63, 3.8) is 0 Å². The maximum absolute atomic E-state index is 11.3. The molecule has 19 heavy (non-hydrogen) atoms. The van der Waals surface area contributed by atoms with Crippen LogP contribution < -0.4 is 16.4 Å². The van der Waals surface area contributed by atoms with Crippen molar-refractivity contribution >= 4 is 11.6 Å². The average Bonchev–Trinajstić information content (AvgIpc) is 3.13. The lowest BCUT2D eigenvalue weighted by Crippen LogP contribution is -2.36. The minimum Gasteiger partial charge on any atom is -0.326 e. The second-order valence-corrected chi connectivity index (χ2v) is 5.83. The SMILES string of the molecule is NC1(CNCCc2ccc3c(c2)CCC(=O)N3)CC1. The van der Waals surface area contributed by atoms with Crippen LogP contribution in [0.2, 0.25) is 0 Å². The van der Waals surface area contributed by atoms with E-state index < -0.39 is 0 Å². The number of aryl methyl sites for hydroxylation is 1. The van der Waals surface area contributed by atoms with Gasteiger partial charge in [0.2, 0.25) is 5.91 Å². The molecule has 1 aliphatic heterocycles. The lowest BCUT2D eigenvalue weighted by atomic mass is 9.99. The van der Waals surface area contributed by atoms with E-state index in [0.29, 0.717) is 6.42 Å². The molecule has 2 aliphatic rings. The molecule has 0 atom stereocenters. The molecule has 0 saturated heterocycles. The third kappa shape index (κ3) is 3.14. The van der Waals surface area contributed by atoms with E-state index in [9.17, 15) is 4.79 Å². The van der Waals surface area contributed by atoms with Crippen LogP contribution in [0.15, 0.2) is 18.2 Å². The molecule has 0 spiro atoms. The topological polar surface area (TPSA) is 67.1 Å². The number of carbonyl (C=O) groups excluding carboxylic acids is 1. The molecular weight excluding hydrogens is 238 g/mol. The molecule has 102 valence electrons. The van der Waals surface area contributed by atoms with Gasteiger partial charge in [0.1, 0.15) is 0 Å². The lowest BCUT2D eigenvalue weighted by Gasteiger charge is -2.17. The number of hydrogen-bond acceptors (Lipinski definition) is 3. The highest BCUT2D eigenvalue weighted by Crippen LogP contribution is 2.30. The summed E-state index contributed by atoms with van der Waals surface area (Å²) in [4.78, 5) is 11.3. The Morgan fingerprint density at radius 3 is 2.95 bits per heavy atom. The van der Waals surface area contributed by atoms with E-state index in [1.54, 1.807) is 0 Å². The summed E-state index contributed by atoms with van der Waals surface area (Å²) in [6.07, 6.45) is 4.77. The first-order valence-corrected chi connectivity index (χ1v) is 7.06. The molecule has 3 rings (SSSR count). The van der Waals surface area contributed by atoms with Crippen LogP contribution in [-0.2, 0) is 17.6 Å². The molecule has 1 saturated carbocycles. The molecular formula is C15H21N3O. The molecule has 0 bridgehead atoms. The molecule has 1 aromatic rings. The Morgan fingerprint density at radius 2 is 2.16 bits per heavy atom. The van der Waals surface area contributed by atoms with Crippen LogP contribution in [0.4, 0.5) is 5.69 Å². The van der Waals surface area contributed by atoms with Gasteiger partial charge in [0.25, 0.3) is 0 Å². The molecule has 1 fully saturated rings. The number of nitrogens with one attached hydrogen (secondary N) is 2. The molecule has 1 heterocycles. The van der Waals surface area contributed by atoms with Crippen LogP contribution >= 0.6 is 0 Å². The zero-order valence-corrected chi connectivity index (χ0v) is 11.2. The van der Waals surface area contributed by atoms with Gasteiger partial charge in [-0.2, -0.15) is 0 Å². The van der Waals surface area contributed by atoms with Crippen LogP contribution in [0.1, 0.15) is 30.4 Å². The third-order valence-corrected chi connectivity index (χ3v) is 4.02. The Bertz CT molecular complexity index is 494.